The van der Waals surface area contributed by atoms with Gasteiger partial charge in [-0.1, -0.05) is 6.92 Å². The molecule has 78 valence electrons. The summed E-state index contributed by atoms with van der Waals surface area (Å²) >= 11 is 1.86. The fourth-order valence-electron chi connectivity index (χ4n) is 1.65. The van der Waals surface area contributed by atoms with Crippen LogP contribution < -0.4 is 0 Å². The van der Waals surface area contributed by atoms with E-state index in [4.69, 9.17) is 0 Å². The lowest BCUT2D eigenvalue weighted by Crippen LogP contribution is -2.30. The second kappa shape index (κ2) is 3.90. The fourth-order valence-corrected chi connectivity index (χ4v) is 2.89. The van der Waals surface area contributed by atoms with E-state index in [1.165, 1.54) is 6.33 Å². The molecule has 1 aromatic heterocycles. The van der Waals surface area contributed by atoms with Crippen LogP contribution in [0.15, 0.2) is 12.7 Å². The minimum absolute atomic E-state index is 0.112. The monoisotopic (exact) mass is 213 g/mol. The van der Waals surface area contributed by atoms with Crippen molar-refractivity contribution in [1.82, 2.24) is 14.8 Å². The standard InChI is InChI=1S/C9H15N3OS/c1-2-14-9(3-4-9)8(13)5-12-7-10-6-11-12/h6-8,13H,2-5H2,1H3. The van der Waals surface area contributed by atoms with Gasteiger partial charge in [-0.05, 0) is 18.6 Å². The van der Waals surface area contributed by atoms with Crippen LogP contribution in [0.25, 0.3) is 0 Å². The molecule has 2 rings (SSSR count). The zero-order valence-electron chi connectivity index (χ0n) is 8.26. The Morgan fingerprint density at radius 2 is 2.43 bits per heavy atom. The summed E-state index contributed by atoms with van der Waals surface area (Å²) in [5.74, 6) is 1.06. The van der Waals surface area contributed by atoms with Crippen LogP contribution in [-0.4, -0.2) is 36.5 Å². The highest BCUT2D eigenvalue weighted by atomic mass is 32.2. The molecule has 0 amide bonds. The van der Waals surface area contributed by atoms with Crippen molar-refractivity contribution in [2.45, 2.75) is 37.2 Å². The molecule has 0 bridgehead atoms. The summed E-state index contributed by atoms with van der Waals surface area (Å²) in [4.78, 5) is 3.86. The Kier molecular flexibility index (Phi) is 2.78. The van der Waals surface area contributed by atoms with Gasteiger partial charge in [-0.25, -0.2) is 4.98 Å². The summed E-state index contributed by atoms with van der Waals surface area (Å²) < 4.78 is 1.81. The van der Waals surface area contributed by atoms with Crippen LogP contribution in [0, 0.1) is 0 Å². The minimum atomic E-state index is -0.297. The van der Waals surface area contributed by atoms with Gasteiger partial charge in [0, 0.05) is 4.75 Å². The molecule has 1 N–H and O–H groups in total. The van der Waals surface area contributed by atoms with Crippen LogP contribution in [0.4, 0.5) is 0 Å². The van der Waals surface area contributed by atoms with Gasteiger partial charge >= 0.3 is 0 Å². The predicted molar refractivity (Wildman–Crippen MR) is 56.1 cm³/mol. The van der Waals surface area contributed by atoms with Crippen LogP contribution in [0.5, 0.6) is 0 Å². The van der Waals surface area contributed by atoms with Gasteiger partial charge in [0.15, 0.2) is 0 Å². The summed E-state index contributed by atoms with van der Waals surface area (Å²) in [6.45, 7) is 2.69. The molecule has 5 heteroatoms. The van der Waals surface area contributed by atoms with E-state index < -0.39 is 0 Å². The molecule has 0 radical (unpaired) electrons. The lowest BCUT2D eigenvalue weighted by molar-refractivity contribution is 0.139. The van der Waals surface area contributed by atoms with Crippen molar-refractivity contribution in [3.8, 4) is 0 Å². The smallest absolute Gasteiger partial charge is 0.137 e. The fraction of sp³-hybridized carbons (Fsp3) is 0.778. The van der Waals surface area contributed by atoms with Crippen molar-refractivity contribution in [2.24, 2.45) is 0 Å². The molecule has 0 spiro atoms. The second-order valence-electron chi connectivity index (χ2n) is 3.63. The number of rotatable bonds is 5. The van der Waals surface area contributed by atoms with E-state index in [0.29, 0.717) is 6.54 Å². The van der Waals surface area contributed by atoms with E-state index in [1.807, 2.05) is 11.8 Å². The molecule has 1 unspecified atom stereocenters. The van der Waals surface area contributed by atoms with Crippen molar-refractivity contribution in [3.05, 3.63) is 12.7 Å². The highest BCUT2D eigenvalue weighted by Crippen LogP contribution is 2.51. The number of nitrogens with zero attached hydrogens (tertiary/aromatic N) is 3. The molecule has 1 aliphatic carbocycles. The van der Waals surface area contributed by atoms with Gasteiger partial charge in [-0.15, -0.1) is 0 Å². The molecule has 1 aromatic rings. The summed E-state index contributed by atoms with van der Waals surface area (Å²) in [6.07, 6.45) is 5.10. The normalized spacial score (nSPS) is 20.7. The molecular formula is C9H15N3OS. The van der Waals surface area contributed by atoms with Crippen molar-refractivity contribution in [2.75, 3.05) is 5.75 Å². The highest BCUT2D eigenvalue weighted by molar-refractivity contribution is 8.00. The largest absolute Gasteiger partial charge is 0.390 e. The van der Waals surface area contributed by atoms with E-state index in [1.54, 1.807) is 11.0 Å². The first-order chi connectivity index (χ1) is 6.77. The predicted octanol–water partition coefficient (Wildman–Crippen LogP) is 0.925. The van der Waals surface area contributed by atoms with Crippen LogP contribution >= 0.6 is 11.8 Å². The molecule has 0 aliphatic heterocycles. The van der Waals surface area contributed by atoms with Crippen LogP contribution in [0.2, 0.25) is 0 Å². The number of hydrogen-bond acceptors (Lipinski definition) is 4. The summed E-state index contributed by atoms with van der Waals surface area (Å²) in [5.41, 5.74) is 0. The second-order valence-corrected chi connectivity index (χ2v) is 5.31. The van der Waals surface area contributed by atoms with Gasteiger partial charge in [0.1, 0.15) is 12.7 Å². The average Bonchev–Trinajstić information content (AvgIpc) is 2.77. The van der Waals surface area contributed by atoms with Crippen LogP contribution in [-0.2, 0) is 6.54 Å². The molecule has 1 atom stereocenters. The van der Waals surface area contributed by atoms with E-state index in [9.17, 15) is 5.11 Å². The molecule has 1 fully saturated rings. The van der Waals surface area contributed by atoms with E-state index in [0.717, 1.165) is 18.6 Å². The zero-order valence-corrected chi connectivity index (χ0v) is 9.07. The Morgan fingerprint density at radius 3 is 2.93 bits per heavy atom. The van der Waals surface area contributed by atoms with Gasteiger partial charge in [0.25, 0.3) is 0 Å². The Bertz CT molecular complexity index is 284. The van der Waals surface area contributed by atoms with Gasteiger partial charge in [-0.2, -0.15) is 16.9 Å². The number of aliphatic hydroxyl groups is 1. The van der Waals surface area contributed by atoms with Crippen molar-refractivity contribution >= 4 is 11.8 Å². The molecule has 1 saturated carbocycles. The summed E-state index contributed by atoms with van der Waals surface area (Å²) in [6, 6.07) is 0. The zero-order chi connectivity index (χ0) is 10.0. The number of thioether (sulfide) groups is 1. The third kappa shape index (κ3) is 1.93. The van der Waals surface area contributed by atoms with E-state index in [2.05, 4.69) is 17.0 Å². The number of hydrogen-bond donors (Lipinski definition) is 1. The first-order valence-electron chi connectivity index (χ1n) is 4.91. The maximum absolute atomic E-state index is 10.0. The van der Waals surface area contributed by atoms with Gasteiger partial charge in [0.05, 0.1) is 12.6 Å². The molecule has 4 nitrogen and oxygen atoms in total. The number of aliphatic hydroxyl groups excluding tert-OH is 1. The van der Waals surface area contributed by atoms with Crippen molar-refractivity contribution < 1.29 is 5.11 Å². The van der Waals surface area contributed by atoms with Crippen LogP contribution in [0.1, 0.15) is 19.8 Å². The lowest BCUT2D eigenvalue weighted by Gasteiger charge is -2.20. The number of aromatic nitrogens is 3. The maximum atomic E-state index is 10.0. The minimum Gasteiger partial charge on any atom is -0.390 e. The molecular weight excluding hydrogens is 198 g/mol. The quantitative estimate of drug-likeness (QED) is 0.790. The molecule has 0 aromatic carbocycles. The Hall–Kier alpha value is -0.550. The Morgan fingerprint density at radius 1 is 1.64 bits per heavy atom. The topological polar surface area (TPSA) is 50.9 Å². The molecule has 14 heavy (non-hydrogen) atoms. The third-order valence-electron chi connectivity index (χ3n) is 2.61. The maximum Gasteiger partial charge on any atom is 0.137 e. The molecule has 1 aliphatic rings. The Balaban J connectivity index is 1.92. The summed E-state index contributed by atoms with van der Waals surface area (Å²) in [7, 11) is 0. The van der Waals surface area contributed by atoms with Crippen molar-refractivity contribution in [1.29, 1.82) is 0 Å². The van der Waals surface area contributed by atoms with Gasteiger partial charge < -0.3 is 5.11 Å². The highest BCUT2D eigenvalue weighted by Gasteiger charge is 2.49. The Labute approximate surface area is 87.7 Å². The van der Waals surface area contributed by atoms with Gasteiger partial charge in [0.2, 0.25) is 0 Å². The first kappa shape index (κ1) is 9.98. The molecule has 1 heterocycles. The van der Waals surface area contributed by atoms with Crippen LogP contribution in [0.3, 0.4) is 0 Å². The summed E-state index contributed by atoms with van der Waals surface area (Å²) in [5, 5.41) is 14.0. The average molecular weight is 213 g/mol. The third-order valence-corrected chi connectivity index (χ3v) is 4.15. The van der Waals surface area contributed by atoms with E-state index in [-0.39, 0.29) is 10.9 Å². The van der Waals surface area contributed by atoms with E-state index >= 15 is 0 Å². The van der Waals surface area contributed by atoms with Crippen molar-refractivity contribution in [3.63, 3.8) is 0 Å². The molecule has 0 saturated heterocycles. The lowest BCUT2D eigenvalue weighted by atomic mass is 10.2. The first-order valence-corrected chi connectivity index (χ1v) is 5.90. The SMILES string of the molecule is CCSC1(C(O)Cn2cncn2)CC1. The van der Waals surface area contributed by atoms with Gasteiger partial charge in [-0.3, -0.25) is 4.68 Å².